The van der Waals surface area contributed by atoms with Crippen LogP contribution in [0.25, 0.3) is 0 Å². The second-order valence-corrected chi connectivity index (χ2v) is 10.7. The minimum atomic E-state index is -1.03. The Balaban J connectivity index is 1.91. The summed E-state index contributed by atoms with van der Waals surface area (Å²) in [6, 6.07) is 28.9. The largest absolute Gasteiger partial charge is 0.508 e. The summed E-state index contributed by atoms with van der Waals surface area (Å²) in [5.41, 5.74) is 0.969. The van der Waals surface area contributed by atoms with Gasteiger partial charge in [0, 0.05) is 0 Å². The monoisotopic (exact) mass is 575 g/mol. The van der Waals surface area contributed by atoms with Crippen LogP contribution in [0.1, 0.15) is 50.3 Å². The lowest BCUT2D eigenvalue weighted by atomic mass is 9.80. The fraction of sp³-hybridized carbons (Fsp3) is 0.353. The molecule has 0 fully saturated rings. The van der Waals surface area contributed by atoms with Crippen molar-refractivity contribution in [3.63, 3.8) is 0 Å². The first-order chi connectivity index (χ1) is 20.2. The molecule has 2 atom stereocenters. The lowest BCUT2D eigenvalue weighted by molar-refractivity contribution is -0.0283. The maximum atomic E-state index is 12.8. The fourth-order valence-corrected chi connectivity index (χ4v) is 4.52. The molecule has 1 amide bonds. The van der Waals surface area contributed by atoms with E-state index in [2.05, 4.69) is 10.1 Å². The average Bonchev–Trinajstić information content (AvgIpc) is 2.99. The predicted molar refractivity (Wildman–Crippen MR) is 161 cm³/mol. The molecule has 0 unspecified atom stereocenters. The highest BCUT2D eigenvalue weighted by Crippen LogP contribution is 2.40. The van der Waals surface area contributed by atoms with Crippen LogP contribution in [0.2, 0.25) is 0 Å². The number of allylic oxidation sites excluding steroid dienone is 1. The summed E-state index contributed by atoms with van der Waals surface area (Å²) in [4.78, 5) is 24.0. The molecule has 0 aromatic heterocycles. The van der Waals surface area contributed by atoms with Crippen LogP contribution in [0.5, 0.6) is 0 Å². The van der Waals surface area contributed by atoms with Gasteiger partial charge in [-0.2, -0.15) is 0 Å². The zero-order valence-electron chi connectivity index (χ0n) is 24.7. The lowest BCUT2D eigenvalue weighted by Gasteiger charge is -2.38. The highest BCUT2D eigenvalue weighted by atomic mass is 16.7. The molecule has 0 saturated heterocycles. The van der Waals surface area contributed by atoms with Crippen molar-refractivity contribution in [2.75, 3.05) is 20.3 Å². The maximum Gasteiger partial charge on any atom is 0.508 e. The number of benzene rings is 3. The maximum absolute atomic E-state index is 12.8. The van der Waals surface area contributed by atoms with Gasteiger partial charge < -0.3 is 29.4 Å². The van der Waals surface area contributed by atoms with E-state index >= 15 is 0 Å². The third kappa shape index (κ3) is 9.46. The van der Waals surface area contributed by atoms with E-state index in [0.29, 0.717) is 12.8 Å². The van der Waals surface area contributed by atoms with Gasteiger partial charge in [-0.25, -0.2) is 9.59 Å². The molecule has 0 spiro atoms. The van der Waals surface area contributed by atoms with Crippen LogP contribution >= 0.6 is 0 Å². The van der Waals surface area contributed by atoms with E-state index in [4.69, 9.17) is 14.2 Å². The Bertz CT molecular complexity index is 1160. The van der Waals surface area contributed by atoms with Crippen LogP contribution in [-0.4, -0.2) is 55.4 Å². The van der Waals surface area contributed by atoms with Gasteiger partial charge in [-0.05, 0) is 50.3 Å². The molecule has 0 aliphatic rings. The summed E-state index contributed by atoms with van der Waals surface area (Å²) in [6.45, 7) is 5.37. The Kier molecular flexibility index (Phi) is 12.1. The van der Waals surface area contributed by atoms with Gasteiger partial charge in [0.15, 0.2) is 0 Å². The molecule has 3 rings (SSSR count). The van der Waals surface area contributed by atoms with Crippen molar-refractivity contribution in [1.82, 2.24) is 5.32 Å². The molecule has 2 N–H and O–H groups in total. The number of rotatable bonds is 13. The Morgan fingerprint density at radius 3 is 1.79 bits per heavy atom. The van der Waals surface area contributed by atoms with Crippen molar-refractivity contribution in [1.29, 1.82) is 0 Å². The van der Waals surface area contributed by atoms with Crippen LogP contribution in [0.3, 0.4) is 0 Å². The SMILES string of the molecule is COC(=O)OC/C=C/CC[C@H](O)[C@@H](COC(c1ccccc1)(c1ccccc1)c1ccccc1)NC(=O)OC(C)(C)C. The van der Waals surface area contributed by atoms with Crippen molar-refractivity contribution < 1.29 is 33.6 Å². The summed E-state index contributed by atoms with van der Waals surface area (Å²) in [5.74, 6) is 0. The number of amides is 1. The van der Waals surface area contributed by atoms with E-state index in [9.17, 15) is 14.7 Å². The van der Waals surface area contributed by atoms with Gasteiger partial charge in [-0.15, -0.1) is 0 Å². The van der Waals surface area contributed by atoms with E-state index < -0.39 is 35.6 Å². The number of alkyl carbamates (subject to hydrolysis) is 1. The normalized spacial score (nSPS) is 13.3. The number of aliphatic hydroxyl groups excluding tert-OH is 1. The Morgan fingerprint density at radius 2 is 1.33 bits per heavy atom. The van der Waals surface area contributed by atoms with Crippen LogP contribution in [-0.2, 0) is 24.5 Å². The number of ether oxygens (including phenoxy) is 4. The van der Waals surface area contributed by atoms with Gasteiger partial charge in [0.2, 0.25) is 0 Å². The minimum Gasteiger partial charge on any atom is -0.444 e. The average molecular weight is 576 g/mol. The number of methoxy groups -OCH3 is 1. The van der Waals surface area contributed by atoms with E-state index in [-0.39, 0.29) is 13.2 Å². The molecule has 0 aliphatic heterocycles. The molecule has 0 bridgehead atoms. The molecule has 42 heavy (non-hydrogen) atoms. The second kappa shape index (κ2) is 15.7. The van der Waals surface area contributed by atoms with Gasteiger partial charge in [0.25, 0.3) is 0 Å². The summed E-state index contributed by atoms with van der Waals surface area (Å²) in [7, 11) is 1.24. The van der Waals surface area contributed by atoms with Crippen molar-refractivity contribution in [3.8, 4) is 0 Å². The fourth-order valence-electron chi connectivity index (χ4n) is 4.52. The Labute approximate surface area is 248 Å². The number of carbonyl (C=O) groups excluding carboxylic acids is 2. The van der Waals surface area contributed by atoms with Crippen LogP contribution < -0.4 is 5.32 Å². The van der Waals surface area contributed by atoms with Gasteiger partial charge in [-0.3, -0.25) is 0 Å². The van der Waals surface area contributed by atoms with E-state index in [1.54, 1.807) is 32.9 Å². The van der Waals surface area contributed by atoms with E-state index in [1.807, 2.05) is 91.0 Å². The third-order valence-corrected chi connectivity index (χ3v) is 6.45. The molecule has 3 aromatic rings. The molecule has 3 aromatic carbocycles. The van der Waals surface area contributed by atoms with Gasteiger partial charge in [0.05, 0.1) is 25.9 Å². The molecule has 0 radical (unpaired) electrons. The number of carbonyl (C=O) groups is 2. The zero-order chi connectivity index (χ0) is 30.4. The Hall–Kier alpha value is -4.14. The van der Waals surface area contributed by atoms with E-state index in [1.165, 1.54) is 7.11 Å². The Morgan fingerprint density at radius 1 is 0.833 bits per heavy atom. The number of hydrogen-bond acceptors (Lipinski definition) is 7. The molecular weight excluding hydrogens is 534 g/mol. The minimum absolute atomic E-state index is 0.0196. The first-order valence-electron chi connectivity index (χ1n) is 14.0. The van der Waals surface area contributed by atoms with Crippen molar-refractivity contribution in [3.05, 3.63) is 120 Å². The van der Waals surface area contributed by atoms with Gasteiger partial charge in [-0.1, -0.05) is 103 Å². The summed E-state index contributed by atoms with van der Waals surface area (Å²) in [6.07, 6.45) is 1.86. The van der Waals surface area contributed by atoms with Crippen LogP contribution in [0.4, 0.5) is 9.59 Å². The predicted octanol–water partition coefficient (Wildman–Crippen LogP) is 6.37. The zero-order valence-corrected chi connectivity index (χ0v) is 24.7. The highest BCUT2D eigenvalue weighted by Gasteiger charge is 2.39. The number of hydrogen-bond donors (Lipinski definition) is 2. The summed E-state index contributed by atoms with van der Waals surface area (Å²) >= 11 is 0. The lowest BCUT2D eigenvalue weighted by Crippen LogP contribution is -2.50. The first-order valence-corrected chi connectivity index (χ1v) is 14.0. The van der Waals surface area contributed by atoms with Crippen molar-refractivity contribution in [2.45, 2.75) is 57.0 Å². The third-order valence-electron chi connectivity index (χ3n) is 6.45. The van der Waals surface area contributed by atoms with Gasteiger partial charge in [0.1, 0.15) is 17.8 Å². The molecular formula is C34H41NO7. The van der Waals surface area contributed by atoms with Gasteiger partial charge >= 0.3 is 12.2 Å². The molecule has 8 heteroatoms. The summed E-state index contributed by atoms with van der Waals surface area (Å²) < 4.78 is 21.7. The first kappa shape index (κ1) is 32.4. The number of aliphatic hydroxyl groups is 1. The summed E-state index contributed by atoms with van der Waals surface area (Å²) in [5, 5.41) is 14.1. The molecule has 0 heterocycles. The highest BCUT2D eigenvalue weighted by molar-refractivity contribution is 5.68. The van der Waals surface area contributed by atoms with Crippen molar-refractivity contribution >= 4 is 12.2 Å². The van der Waals surface area contributed by atoms with E-state index in [0.717, 1.165) is 16.7 Å². The topological polar surface area (TPSA) is 103 Å². The molecule has 8 nitrogen and oxygen atoms in total. The number of nitrogens with one attached hydrogen (secondary N) is 1. The smallest absolute Gasteiger partial charge is 0.444 e. The van der Waals surface area contributed by atoms with Crippen molar-refractivity contribution in [2.24, 2.45) is 0 Å². The molecule has 0 aliphatic carbocycles. The van der Waals surface area contributed by atoms with Crippen LogP contribution in [0.15, 0.2) is 103 Å². The second-order valence-electron chi connectivity index (χ2n) is 10.7. The standard InChI is InChI=1S/C34H41NO7/c1-33(2,3)42-31(37)35-29(30(36)23-15-8-16-24-40-32(38)39-4)25-41-34(26-17-9-5-10-18-26,27-19-11-6-12-20-27)28-21-13-7-14-22-28/h5-14,16-22,29-30,36H,15,23-25H2,1-4H3,(H,35,37)/b16-8+/t29-,30+/m1/s1. The molecule has 224 valence electrons. The quantitative estimate of drug-likeness (QED) is 0.139. The molecule has 0 saturated carbocycles. The van der Waals surface area contributed by atoms with Crippen LogP contribution in [0, 0.1) is 0 Å².